The number of sulfonamides is 1. The number of hydrogen-bond acceptors (Lipinski definition) is 8. The molecule has 2 N–H and O–H groups in total. The summed E-state index contributed by atoms with van der Waals surface area (Å²) in [5, 5.41) is 11.4. The van der Waals surface area contributed by atoms with Crippen LogP contribution in [0.4, 0.5) is 11.4 Å². The van der Waals surface area contributed by atoms with Crippen LogP contribution in [0.1, 0.15) is 0 Å². The van der Waals surface area contributed by atoms with Crippen molar-refractivity contribution in [3.05, 3.63) is 43.0 Å². The van der Waals surface area contributed by atoms with Gasteiger partial charge >= 0.3 is 0 Å². The number of imidazole rings is 1. The van der Waals surface area contributed by atoms with Gasteiger partial charge in [0.25, 0.3) is 10.0 Å². The topological polar surface area (TPSA) is 125 Å². The number of rotatable bonds is 7. The molecule has 0 aliphatic carbocycles. The van der Waals surface area contributed by atoms with Crippen LogP contribution in [-0.4, -0.2) is 54.1 Å². The summed E-state index contributed by atoms with van der Waals surface area (Å²) in [6.07, 6.45) is 5.98. The molecule has 0 amide bonds. The van der Waals surface area contributed by atoms with Crippen LogP contribution in [0, 0.1) is 0 Å². The zero-order valence-electron chi connectivity index (χ0n) is 17.3. The van der Waals surface area contributed by atoms with Crippen LogP contribution in [0.15, 0.2) is 47.9 Å². The van der Waals surface area contributed by atoms with E-state index in [0.717, 1.165) is 5.69 Å². The third-order valence-corrected chi connectivity index (χ3v) is 6.00. The first-order chi connectivity index (χ1) is 14.9. The SMILES string of the molecule is CNc1ccnn2c(-c3cc(NS(=O)(=O)c4cnn(C)c4)c(OC)c(OC)c3)cnc12. The summed E-state index contributed by atoms with van der Waals surface area (Å²) in [7, 11) is 2.45. The second-order valence-electron chi connectivity index (χ2n) is 6.59. The molecule has 3 aromatic heterocycles. The Bertz CT molecular complexity index is 1360. The van der Waals surface area contributed by atoms with E-state index in [0.29, 0.717) is 22.7 Å². The molecule has 12 heteroatoms. The average Bonchev–Trinajstić information content (AvgIpc) is 3.39. The minimum Gasteiger partial charge on any atom is -0.493 e. The third kappa shape index (κ3) is 3.61. The number of hydrogen-bond donors (Lipinski definition) is 2. The monoisotopic (exact) mass is 443 g/mol. The second-order valence-corrected chi connectivity index (χ2v) is 8.27. The molecule has 3 heterocycles. The molecule has 0 atom stereocenters. The summed E-state index contributed by atoms with van der Waals surface area (Å²) in [6, 6.07) is 5.19. The van der Waals surface area contributed by atoms with Gasteiger partial charge in [-0.15, -0.1) is 0 Å². The Morgan fingerprint density at radius 1 is 1.06 bits per heavy atom. The lowest BCUT2D eigenvalue weighted by atomic mass is 10.1. The standard InChI is InChI=1S/C19H21N7O4S/c1-20-14-5-6-22-26-16(10-21-19(14)26)12-7-15(18(30-4)17(8-12)29-3)24-31(27,28)13-9-23-25(2)11-13/h5-11,20,24H,1-4H3. The first-order valence-corrected chi connectivity index (χ1v) is 10.6. The maximum atomic E-state index is 12.9. The van der Waals surface area contributed by atoms with Crippen molar-refractivity contribution in [1.82, 2.24) is 24.4 Å². The van der Waals surface area contributed by atoms with Crippen LogP contribution in [-0.2, 0) is 17.1 Å². The van der Waals surface area contributed by atoms with E-state index in [9.17, 15) is 8.42 Å². The number of aryl methyl sites for hydroxylation is 1. The van der Waals surface area contributed by atoms with Gasteiger partial charge in [-0.25, -0.2) is 17.9 Å². The Kier molecular flexibility index (Phi) is 5.15. The summed E-state index contributed by atoms with van der Waals surface area (Å²) in [5.74, 6) is 0.597. The Balaban J connectivity index is 1.87. The van der Waals surface area contributed by atoms with Crippen LogP contribution >= 0.6 is 0 Å². The normalized spacial score (nSPS) is 11.5. The van der Waals surface area contributed by atoms with Crippen LogP contribution in [0.2, 0.25) is 0 Å². The summed E-state index contributed by atoms with van der Waals surface area (Å²) >= 11 is 0. The molecule has 1 aromatic carbocycles. The quantitative estimate of drug-likeness (QED) is 0.444. The summed E-state index contributed by atoms with van der Waals surface area (Å²) < 4.78 is 42.3. The van der Waals surface area contributed by atoms with Crippen LogP contribution < -0.4 is 19.5 Å². The number of aromatic nitrogens is 5. The van der Waals surface area contributed by atoms with Crippen molar-refractivity contribution in [2.24, 2.45) is 7.05 Å². The van der Waals surface area contributed by atoms with Crippen molar-refractivity contribution in [1.29, 1.82) is 0 Å². The highest BCUT2D eigenvalue weighted by atomic mass is 32.2. The average molecular weight is 443 g/mol. The molecule has 11 nitrogen and oxygen atoms in total. The minimum absolute atomic E-state index is 0.0246. The maximum Gasteiger partial charge on any atom is 0.265 e. The summed E-state index contributed by atoms with van der Waals surface area (Å²) in [6.45, 7) is 0. The number of nitrogens with zero attached hydrogens (tertiary/aromatic N) is 5. The molecule has 162 valence electrons. The Morgan fingerprint density at radius 3 is 2.52 bits per heavy atom. The fourth-order valence-electron chi connectivity index (χ4n) is 3.22. The van der Waals surface area contributed by atoms with Crippen LogP contribution in [0.3, 0.4) is 0 Å². The first kappa shape index (κ1) is 20.5. The van der Waals surface area contributed by atoms with E-state index in [-0.39, 0.29) is 16.3 Å². The predicted octanol–water partition coefficient (Wildman–Crippen LogP) is 1.99. The highest BCUT2D eigenvalue weighted by Crippen LogP contribution is 2.41. The largest absolute Gasteiger partial charge is 0.493 e. The molecular weight excluding hydrogens is 422 g/mol. The van der Waals surface area contributed by atoms with E-state index < -0.39 is 10.0 Å². The fraction of sp³-hybridized carbons (Fsp3) is 0.211. The number of nitrogens with one attached hydrogen (secondary N) is 2. The van der Waals surface area contributed by atoms with Crippen molar-refractivity contribution >= 4 is 27.0 Å². The van der Waals surface area contributed by atoms with Gasteiger partial charge in [-0.3, -0.25) is 9.40 Å². The fourth-order valence-corrected chi connectivity index (χ4v) is 4.25. The molecule has 0 bridgehead atoms. The molecule has 0 spiro atoms. The van der Waals surface area contributed by atoms with Gasteiger partial charge in [0.05, 0.1) is 49.9 Å². The van der Waals surface area contributed by atoms with Gasteiger partial charge in [-0.05, 0) is 18.2 Å². The summed E-state index contributed by atoms with van der Waals surface area (Å²) in [5.41, 5.74) is 2.93. The van der Waals surface area contributed by atoms with Crippen molar-refractivity contribution in [2.45, 2.75) is 4.90 Å². The second kappa shape index (κ2) is 7.80. The lowest BCUT2D eigenvalue weighted by molar-refractivity contribution is 0.356. The van der Waals surface area contributed by atoms with Crippen molar-refractivity contribution in [3.63, 3.8) is 0 Å². The molecule has 0 saturated carbocycles. The lowest BCUT2D eigenvalue weighted by Crippen LogP contribution is -2.13. The number of methoxy groups -OCH3 is 2. The van der Waals surface area contributed by atoms with Crippen LogP contribution in [0.25, 0.3) is 16.9 Å². The van der Waals surface area contributed by atoms with Gasteiger partial charge in [0.2, 0.25) is 0 Å². The Labute approximate surface area is 178 Å². The molecule has 0 fully saturated rings. The van der Waals surface area contributed by atoms with Gasteiger partial charge in [-0.1, -0.05) is 0 Å². The lowest BCUT2D eigenvalue weighted by Gasteiger charge is -2.16. The number of anilines is 2. The highest BCUT2D eigenvalue weighted by molar-refractivity contribution is 7.92. The number of ether oxygens (including phenoxy) is 2. The third-order valence-electron chi connectivity index (χ3n) is 4.68. The van der Waals surface area contributed by atoms with E-state index in [4.69, 9.17) is 9.47 Å². The summed E-state index contributed by atoms with van der Waals surface area (Å²) in [4.78, 5) is 4.46. The Hall–Kier alpha value is -3.80. The van der Waals surface area contributed by atoms with Gasteiger partial charge in [0, 0.05) is 25.9 Å². The molecular formula is C19H21N7O4S. The molecule has 31 heavy (non-hydrogen) atoms. The van der Waals surface area contributed by atoms with E-state index >= 15 is 0 Å². The van der Waals surface area contributed by atoms with Gasteiger partial charge in [0.1, 0.15) is 4.90 Å². The van der Waals surface area contributed by atoms with E-state index in [1.54, 1.807) is 43.1 Å². The number of fused-ring (bicyclic) bond motifs is 1. The van der Waals surface area contributed by atoms with E-state index in [1.165, 1.54) is 31.3 Å². The molecule has 0 aliphatic heterocycles. The molecule has 4 rings (SSSR count). The highest BCUT2D eigenvalue weighted by Gasteiger charge is 2.22. The number of benzene rings is 1. The van der Waals surface area contributed by atoms with Crippen molar-refractivity contribution in [3.8, 4) is 22.8 Å². The van der Waals surface area contributed by atoms with E-state index in [1.807, 2.05) is 6.07 Å². The zero-order valence-corrected chi connectivity index (χ0v) is 18.1. The van der Waals surface area contributed by atoms with Crippen molar-refractivity contribution < 1.29 is 17.9 Å². The molecule has 0 unspecified atom stereocenters. The molecule has 4 aromatic rings. The maximum absolute atomic E-state index is 12.9. The first-order valence-electron chi connectivity index (χ1n) is 9.16. The molecule has 0 radical (unpaired) electrons. The smallest absolute Gasteiger partial charge is 0.265 e. The Morgan fingerprint density at radius 2 is 1.87 bits per heavy atom. The molecule has 0 aliphatic rings. The van der Waals surface area contributed by atoms with Crippen molar-refractivity contribution in [2.75, 3.05) is 31.3 Å². The zero-order chi connectivity index (χ0) is 22.2. The molecule has 0 saturated heterocycles. The predicted molar refractivity (Wildman–Crippen MR) is 115 cm³/mol. The van der Waals surface area contributed by atoms with Gasteiger partial charge < -0.3 is 14.8 Å². The minimum atomic E-state index is -3.91. The van der Waals surface area contributed by atoms with E-state index in [2.05, 4.69) is 25.2 Å². The van der Waals surface area contributed by atoms with Gasteiger partial charge in [0.15, 0.2) is 17.1 Å². The van der Waals surface area contributed by atoms with Crippen LogP contribution in [0.5, 0.6) is 11.5 Å². The van der Waals surface area contributed by atoms with Gasteiger partial charge in [-0.2, -0.15) is 10.2 Å².